The zero-order valence-corrected chi connectivity index (χ0v) is 10.7. The number of rotatable bonds is 6. The third-order valence-corrected chi connectivity index (χ3v) is 3.22. The van der Waals surface area contributed by atoms with E-state index >= 15 is 0 Å². The van der Waals surface area contributed by atoms with Crippen molar-refractivity contribution in [1.29, 1.82) is 0 Å². The highest BCUT2D eigenvalue weighted by Gasteiger charge is 2.20. The minimum Gasteiger partial charge on any atom is -0.394 e. The van der Waals surface area contributed by atoms with Gasteiger partial charge in [0.05, 0.1) is 6.61 Å². The van der Waals surface area contributed by atoms with Crippen molar-refractivity contribution in [1.82, 2.24) is 5.32 Å². The van der Waals surface area contributed by atoms with Crippen LogP contribution in [0.15, 0.2) is 24.3 Å². The predicted molar refractivity (Wildman–Crippen MR) is 68.8 cm³/mol. The number of nitrogens with zero attached hydrogens (tertiary/aromatic N) is 1. The molecule has 0 aliphatic rings. The molecule has 0 aliphatic heterocycles. The largest absolute Gasteiger partial charge is 0.394 e. The summed E-state index contributed by atoms with van der Waals surface area (Å²) in [6.45, 7) is 2.87. The summed E-state index contributed by atoms with van der Waals surface area (Å²) in [6, 6.07) is 6.42. The lowest BCUT2D eigenvalue weighted by molar-refractivity contribution is 0.175. The van der Waals surface area contributed by atoms with Gasteiger partial charge in [0, 0.05) is 24.8 Å². The molecule has 0 aromatic heterocycles. The maximum atomic E-state index is 12.8. The molecular formula is C13H21FN2O. The van der Waals surface area contributed by atoms with Gasteiger partial charge in [0.25, 0.3) is 0 Å². The molecule has 1 rings (SSSR count). The third-order valence-electron chi connectivity index (χ3n) is 3.22. The van der Waals surface area contributed by atoms with Crippen molar-refractivity contribution in [3.05, 3.63) is 30.1 Å². The second kappa shape index (κ2) is 5.98. The van der Waals surface area contributed by atoms with E-state index in [0.29, 0.717) is 0 Å². The summed E-state index contributed by atoms with van der Waals surface area (Å²) in [5, 5.41) is 12.4. The Hall–Kier alpha value is -1.13. The number of anilines is 1. The molecule has 0 aliphatic carbocycles. The van der Waals surface area contributed by atoms with Crippen LogP contribution in [0.3, 0.4) is 0 Å². The molecule has 3 nitrogen and oxygen atoms in total. The first kappa shape index (κ1) is 13.9. The van der Waals surface area contributed by atoms with Crippen molar-refractivity contribution >= 4 is 5.69 Å². The predicted octanol–water partition coefficient (Wildman–Crippen LogP) is 1.62. The van der Waals surface area contributed by atoms with Gasteiger partial charge < -0.3 is 15.3 Å². The van der Waals surface area contributed by atoms with Crippen LogP contribution in [0, 0.1) is 5.82 Å². The van der Waals surface area contributed by atoms with Crippen molar-refractivity contribution < 1.29 is 9.50 Å². The number of benzene rings is 1. The molecule has 0 spiro atoms. The second-order valence-electron chi connectivity index (χ2n) is 4.62. The van der Waals surface area contributed by atoms with Crippen LogP contribution in [0.4, 0.5) is 10.1 Å². The lowest BCUT2D eigenvalue weighted by Gasteiger charge is -2.30. The summed E-state index contributed by atoms with van der Waals surface area (Å²) in [4.78, 5) is 2.05. The fraction of sp³-hybridized carbons (Fsp3) is 0.538. The fourth-order valence-corrected chi connectivity index (χ4v) is 1.52. The van der Waals surface area contributed by atoms with Gasteiger partial charge in [-0.15, -0.1) is 0 Å². The SMILES string of the molecule is CNC(C)(CO)CCN(C)c1ccc(F)cc1. The highest BCUT2D eigenvalue weighted by molar-refractivity contribution is 5.45. The molecule has 4 heteroatoms. The maximum absolute atomic E-state index is 12.8. The molecule has 2 N–H and O–H groups in total. The Balaban J connectivity index is 2.55. The van der Waals surface area contributed by atoms with E-state index in [9.17, 15) is 9.50 Å². The molecule has 1 unspecified atom stereocenters. The monoisotopic (exact) mass is 240 g/mol. The summed E-state index contributed by atoms with van der Waals surface area (Å²) >= 11 is 0. The number of hydrogen-bond donors (Lipinski definition) is 2. The molecule has 1 atom stereocenters. The van der Waals surface area contributed by atoms with E-state index in [-0.39, 0.29) is 18.0 Å². The molecule has 96 valence electrons. The van der Waals surface area contributed by atoms with E-state index in [2.05, 4.69) is 5.32 Å². The van der Waals surface area contributed by atoms with Gasteiger partial charge in [-0.1, -0.05) is 0 Å². The Bertz CT molecular complexity index is 336. The average molecular weight is 240 g/mol. The third kappa shape index (κ3) is 3.98. The highest BCUT2D eigenvalue weighted by atomic mass is 19.1. The van der Waals surface area contributed by atoms with E-state index < -0.39 is 0 Å². The van der Waals surface area contributed by atoms with E-state index in [0.717, 1.165) is 18.7 Å². The molecule has 0 heterocycles. The molecule has 0 bridgehead atoms. The van der Waals surface area contributed by atoms with Crippen molar-refractivity contribution in [2.45, 2.75) is 18.9 Å². The minimum absolute atomic E-state index is 0.0980. The van der Waals surface area contributed by atoms with E-state index in [1.807, 2.05) is 25.9 Å². The number of halogens is 1. The number of likely N-dealkylation sites (N-methyl/N-ethyl adjacent to an activating group) is 1. The topological polar surface area (TPSA) is 35.5 Å². The Labute approximate surface area is 102 Å². The zero-order valence-electron chi connectivity index (χ0n) is 10.7. The van der Waals surface area contributed by atoms with Crippen LogP contribution in [-0.4, -0.2) is 37.9 Å². The second-order valence-corrected chi connectivity index (χ2v) is 4.62. The van der Waals surface area contributed by atoms with E-state index in [1.54, 1.807) is 12.1 Å². The molecule has 17 heavy (non-hydrogen) atoms. The minimum atomic E-state index is -0.270. The van der Waals surface area contributed by atoms with Crippen LogP contribution in [0.5, 0.6) is 0 Å². The molecule has 1 aromatic rings. The zero-order chi connectivity index (χ0) is 12.9. The van der Waals surface area contributed by atoms with Gasteiger partial charge in [0.15, 0.2) is 0 Å². The van der Waals surface area contributed by atoms with Crippen LogP contribution in [0.1, 0.15) is 13.3 Å². The van der Waals surface area contributed by atoms with Crippen molar-refractivity contribution in [3.8, 4) is 0 Å². The van der Waals surface area contributed by atoms with Gasteiger partial charge in [-0.2, -0.15) is 0 Å². The van der Waals surface area contributed by atoms with Crippen molar-refractivity contribution in [2.24, 2.45) is 0 Å². The summed E-state index contributed by atoms with van der Waals surface area (Å²) in [6.07, 6.45) is 0.813. The smallest absolute Gasteiger partial charge is 0.123 e. The van der Waals surface area contributed by atoms with Crippen LogP contribution in [0.2, 0.25) is 0 Å². The number of nitrogens with one attached hydrogen (secondary N) is 1. The van der Waals surface area contributed by atoms with Gasteiger partial charge in [0.1, 0.15) is 5.82 Å². The van der Waals surface area contributed by atoms with Gasteiger partial charge in [-0.05, 0) is 44.7 Å². The van der Waals surface area contributed by atoms with E-state index in [4.69, 9.17) is 0 Å². The Morgan fingerprint density at radius 3 is 2.41 bits per heavy atom. The summed E-state index contributed by atoms with van der Waals surface area (Å²) < 4.78 is 12.8. The standard InChI is InChI=1S/C13H21FN2O/c1-13(10-17,15-2)8-9-16(3)12-6-4-11(14)5-7-12/h4-7,15,17H,8-10H2,1-3H3. The van der Waals surface area contributed by atoms with E-state index in [1.165, 1.54) is 12.1 Å². The lowest BCUT2D eigenvalue weighted by Crippen LogP contribution is -2.45. The summed E-state index contributed by atoms with van der Waals surface area (Å²) in [5.74, 6) is -0.224. The number of aliphatic hydroxyl groups excluding tert-OH is 1. The molecule has 0 saturated carbocycles. The first-order chi connectivity index (χ1) is 8.00. The Morgan fingerprint density at radius 2 is 1.94 bits per heavy atom. The van der Waals surface area contributed by atoms with Crippen LogP contribution in [-0.2, 0) is 0 Å². The molecule has 0 radical (unpaired) electrons. The van der Waals surface area contributed by atoms with Gasteiger partial charge >= 0.3 is 0 Å². The van der Waals surface area contributed by atoms with Crippen molar-refractivity contribution in [2.75, 3.05) is 32.1 Å². The quantitative estimate of drug-likeness (QED) is 0.793. The Kier molecular flexibility index (Phi) is 4.90. The van der Waals surface area contributed by atoms with Gasteiger partial charge in [-0.25, -0.2) is 4.39 Å². The first-order valence-electron chi connectivity index (χ1n) is 5.77. The fourth-order valence-electron chi connectivity index (χ4n) is 1.52. The Morgan fingerprint density at radius 1 is 1.35 bits per heavy atom. The molecule has 0 fully saturated rings. The average Bonchev–Trinajstić information content (AvgIpc) is 2.36. The lowest BCUT2D eigenvalue weighted by atomic mass is 9.99. The van der Waals surface area contributed by atoms with Crippen LogP contribution < -0.4 is 10.2 Å². The van der Waals surface area contributed by atoms with Gasteiger partial charge in [-0.3, -0.25) is 0 Å². The summed E-state index contributed by atoms with van der Waals surface area (Å²) in [5.41, 5.74) is 0.705. The molecular weight excluding hydrogens is 219 g/mol. The number of hydrogen-bond acceptors (Lipinski definition) is 3. The number of aliphatic hydroxyl groups is 1. The van der Waals surface area contributed by atoms with Crippen LogP contribution in [0.25, 0.3) is 0 Å². The molecule has 0 saturated heterocycles. The highest BCUT2D eigenvalue weighted by Crippen LogP contribution is 2.16. The van der Waals surface area contributed by atoms with Gasteiger partial charge in [0.2, 0.25) is 0 Å². The maximum Gasteiger partial charge on any atom is 0.123 e. The molecule has 0 amide bonds. The first-order valence-corrected chi connectivity index (χ1v) is 5.77. The van der Waals surface area contributed by atoms with Crippen LogP contribution >= 0.6 is 0 Å². The molecule has 1 aromatic carbocycles. The normalized spacial score (nSPS) is 14.4. The summed E-state index contributed by atoms with van der Waals surface area (Å²) in [7, 11) is 3.80. The van der Waals surface area contributed by atoms with Crippen molar-refractivity contribution in [3.63, 3.8) is 0 Å².